The van der Waals surface area contributed by atoms with Crippen molar-refractivity contribution in [1.82, 2.24) is 0 Å². The summed E-state index contributed by atoms with van der Waals surface area (Å²) >= 11 is 0. The van der Waals surface area contributed by atoms with E-state index in [1.54, 1.807) is 6.07 Å². The molecule has 1 saturated carbocycles. The third kappa shape index (κ3) is 5.04. The van der Waals surface area contributed by atoms with Gasteiger partial charge in [-0.25, -0.2) is 0 Å². The van der Waals surface area contributed by atoms with E-state index < -0.39 is 11.4 Å². The van der Waals surface area contributed by atoms with Crippen LogP contribution in [0.4, 0.5) is 5.69 Å². The van der Waals surface area contributed by atoms with Crippen LogP contribution in [0, 0.1) is 5.41 Å². The Kier molecular flexibility index (Phi) is 6.75. The van der Waals surface area contributed by atoms with Crippen molar-refractivity contribution in [3.8, 4) is 0 Å². The van der Waals surface area contributed by atoms with Gasteiger partial charge >= 0.3 is 5.97 Å². The lowest BCUT2D eigenvalue weighted by Gasteiger charge is -2.36. The summed E-state index contributed by atoms with van der Waals surface area (Å²) in [6.07, 6.45) is 2.04. The molecule has 1 fully saturated rings. The molecule has 1 aliphatic carbocycles. The highest BCUT2D eigenvalue weighted by molar-refractivity contribution is 5.94. The first-order chi connectivity index (χ1) is 11.6. The van der Waals surface area contributed by atoms with Gasteiger partial charge < -0.3 is 19.9 Å². The number of benzene rings is 1. The van der Waals surface area contributed by atoms with Crippen LogP contribution in [-0.2, 0) is 25.7 Å². The minimum atomic E-state index is -0.875. The Balaban J connectivity index is 1.82. The maximum Gasteiger partial charge on any atom is 0.310 e. The molecule has 1 amide bonds. The van der Waals surface area contributed by atoms with Gasteiger partial charge in [-0.2, -0.15) is 0 Å². The highest BCUT2D eigenvalue weighted by Gasteiger charge is 2.45. The fraction of sp³-hybridized carbons (Fsp3) is 0.556. The lowest BCUT2D eigenvalue weighted by Crippen LogP contribution is -2.41. The van der Waals surface area contributed by atoms with Crippen molar-refractivity contribution in [2.75, 3.05) is 25.1 Å². The van der Waals surface area contributed by atoms with Gasteiger partial charge in [0, 0.05) is 18.7 Å². The predicted molar refractivity (Wildman–Crippen MR) is 89.8 cm³/mol. The quantitative estimate of drug-likeness (QED) is 0.642. The van der Waals surface area contributed by atoms with E-state index in [2.05, 4.69) is 5.32 Å². The number of rotatable bonds is 10. The fourth-order valence-electron chi connectivity index (χ4n) is 2.77. The van der Waals surface area contributed by atoms with Crippen molar-refractivity contribution < 1.29 is 24.2 Å². The van der Waals surface area contributed by atoms with Crippen LogP contribution in [0.25, 0.3) is 0 Å². The second kappa shape index (κ2) is 8.80. The number of aliphatic carboxylic acids is 1. The van der Waals surface area contributed by atoms with E-state index >= 15 is 0 Å². The smallest absolute Gasteiger partial charge is 0.310 e. The number of carbonyl (C=O) groups is 2. The van der Waals surface area contributed by atoms with Crippen LogP contribution in [-0.4, -0.2) is 36.8 Å². The molecule has 0 atom stereocenters. The monoisotopic (exact) mass is 335 g/mol. The fourth-order valence-corrected chi connectivity index (χ4v) is 2.77. The molecule has 2 N–H and O–H groups in total. The predicted octanol–water partition coefficient (Wildman–Crippen LogP) is 2.82. The summed E-state index contributed by atoms with van der Waals surface area (Å²) in [5.74, 6) is -1.13. The topological polar surface area (TPSA) is 84.9 Å². The van der Waals surface area contributed by atoms with Crippen LogP contribution >= 0.6 is 0 Å². The third-order valence-electron chi connectivity index (χ3n) is 4.32. The molecule has 0 aromatic heterocycles. The molecule has 0 bridgehead atoms. The van der Waals surface area contributed by atoms with Gasteiger partial charge in [-0.1, -0.05) is 18.6 Å². The second-order valence-corrected chi connectivity index (χ2v) is 6.11. The molecule has 0 saturated heterocycles. The molecule has 1 aromatic carbocycles. The zero-order chi connectivity index (χ0) is 17.4. The highest BCUT2D eigenvalue weighted by atomic mass is 16.5. The average Bonchev–Trinajstić information content (AvgIpc) is 2.51. The van der Waals surface area contributed by atoms with Gasteiger partial charge in [0.15, 0.2) is 0 Å². The summed E-state index contributed by atoms with van der Waals surface area (Å²) in [6.45, 7) is 4.12. The van der Waals surface area contributed by atoms with Crippen molar-refractivity contribution in [3.05, 3.63) is 29.8 Å². The first kappa shape index (κ1) is 18.4. The average molecular weight is 335 g/mol. The van der Waals surface area contributed by atoms with E-state index in [1.807, 2.05) is 25.1 Å². The van der Waals surface area contributed by atoms with Gasteiger partial charge in [-0.05, 0) is 37.5 Å². The second-order valence-electron chi connectivity index (χ2n) is 6.11. The largest absolute Gasteiger partial charge is 0.481 e. The number of nitrogens with one attached hydrogen (secondary N) is 1. The molecule has 24 heavy (non-hydrogen) atoms. The van der Waals surface area contributed by atoms with Crippen LogP contribution in [0.2, 0.25) is 0 Å². The molecular formula is C18H25NO5. The third-order valence-corrected chi connectivity index (χ3v) is 4.32. The Hall–Kier alpha value is -1.92. The van der Waals surface area contributed by atoms with Crippen molar-refractivity contribution in [2.24, 2.45) is 5.41 Å². The zero-order valence-electron chi connectivity index (χ0n) is 14.0. The molecule has 0 aliphatic heterocycles. The number of hydrogen-bond donors (Lipinski definition) is 2. The Morgan fingerprint density at radius 1 is 1.25 bits per heavy atom. The van der Waals surface area contributed by atoms with Gasteiger partial charge in [-0.3, -0.25) is 9.59 Å². The Labute approximate surface area is 142 Å². The van der Waals surface area contributed by atoms with E-state index in [9.17, 15) is 14.7 Å². The SMILES string of the molecule is CCOCCOCc1cccc(NC(=O)CC2(C(=O)O)CCC2)c1. The van der Waals surface area contributed by atoms with E-state index in [0.717, 1.165) is 12.0 Å². The minimum absolute atomic E-state index is 0.0252. The first-order valence-corrected chi connectivity index (χ1v) is 8.33. The van der Waals surface area contributed by atoms with Crippen LogP contribution in [0.3, 0.4) is 0 Å². The van der Waals surface area contributed by atoms with Gasteiger partial charge in [0.25, 0.3) is 0 Å². The van der Waals surface area contributed by atoms with Gasteiger partial charge in [0.2, 0.25) is 5.91 Å². The molecule has 0 heterocycles. The summed E-state index contributed by atoms with van der Waals surface area (Å²) < 4.78 is 10.7. The summed E-state index contributed by atoms with van der Waals surface area (Å²) in [6, 6.07) is 7.39. The Bertz CT molecular complexity index is 568. The number of carboxylic acids is 1. The number of amides is 1. The summed E-state index contributed by atoms with van der Waals surface area (Å²) in [4.78, 5) is 23.5. The number of carboxylic acid groups (broad SMARTS) is 1. The number of carbonyl (C=O) groups excluding carboxylic acids is 1. The van der Waals surface area contributed by atoms with Gasteiger partial charge in [0.05, 0.1) is 25.2 Å². The van der Waals surface area contributed by atoms with Crippen LogP contribution < -0.4 is 5.32 Å². The summed E-state index contributed by atoms with van der Waals surface area (Å²) in [5, 5.41) is 12.1. The van der Waals surface area contributed by atoms with E-state index in [4.69, 9.17) is 9.47 Å². The summed E-state index contributed by atoms with van der Waals surface area (Å²) in [7, 11) is 0. The highest BCUT2D eigenvalue weighted by Crippen LogP contribution is 2.44. The van der Waals surface area contributed by atoms with Crippen LogP contribution in [0.5, 0.6) is 0 Å². The van der Waals surface area contributed by atoms with E-state index in [1.165, 1.54) is 0 Å². The molecule has 0 radical (unpaired) electrons. The number of hydrogen-bond acceptors (Lipinski definition) is 4. The van der Waals surface area contributed by atoms with E-state index in [0.29, 0.717) is 45.0 Å². The van der Waals surface area contributed by atoms with Crippen LogP contribution in [0.15, 0.2) is 24.3 Å². The molecule has 0 spiro atoms. The van der Waals surface area contributed by atoms with Crippen molar-refractivity contribution in [1.29, 1.82) is 0 Å². The molecule has 6 nitrogen and oxygen atoms in total. The van der Waals surface area contributed by atoms with Gasteiger partial charge in [0.1, 0.15) is 0 Å². The van der Waals surface area contributed by atoms with E-state index in [-0.39, 0.29) is 12.3 Å². The summed E-state index contributed by atoms with van der Waals surface area (Å²) in [5.41, 5.74) is 0.732. The maximum absolute atomic E-state index is 12.1. The molecule has 1 aliphatic rings. The zero-order valence-corrected chi connectivity index (χ0v) is 14.0. The van der Waals surface area contributed by atoms with Crippen molar-refractivity contribution >= 4 is 17.6 Å². The maximum atomic E-state index is 12.1. The van der Waals surface area contributed by atoms with Crippen LogP contribution in [0.1, 0.15) is 38.2 Å². The molecule has 2 rings (SSSR count). The Morgan fingerprint density at radius 2 is 2.00 bits per heavy atom. The molecular weight excluding hydrogens is 310 g/mol. The lowest BCUT2D eigenvalue weighted by atomic mass is 9.66. The number of ether oxygens (including phenoxy) is 2. The normalized spacial score (nSPS) is 15.5. The number of anilines is 1. The Morgan fingerprint density at radius 3 is 2.62 bits per heavy atom. The molecule has 0 unspecified atom stereocenters. The first-order valence-electron chi connectivity index (χ1n) is 8.33. The standard InChI is InChI=1S/C18H25NO5/c1-2-23-9-10-24-13-14-5-3-6-15(11-14)19-16(20)12-18(17(21)22)7-4-8-18/h3,5-6,11H,2,4,7-10,12-13H2,1H3,(H,19,20)(H,21,22). The minimum Gasteiger partial charge on any atom is -0.481 e. The van der Waals surface area contributed by atoms with Crippen molar-refractivity contribution in [2.45, 2.75) is 39.2 Å². The van der Waals surface area contributed by atoms with Gasteiger partial charge in [-0.15, -0.1) is 0 Å². The molecule has 1 aromatic rings. The lowest BCUT2D eigenvalue weighted by molar-refractivity contribution is -0.157. The molecule has 6 heteroatoms. The molecule has 132 valence electrons. The van der Waals surface area contributed by atoms with Crippen molar-refractivity contribution in [3.63, 3.8) is 0 Å².